The molecule has 3 aliphatic rings. The Morgan fingerprint density at radius 2 is 1.72 bits per heavy atom. The first kappa shape index (κ1) is 12.5. The highest BCUT2D eigenvalue weighted by atomic mass is 16.2. The van der Waals surface area contributed by atoms with Gasteiger partial charge in [-0.05, 0) is 51.5 Å². The molecular formula is C15H26N2O. The molecule has 2 unspecified atom stereocenters. The first-order valence-electron chi connectivity index (χ1n) is 7.90. The SMILES string of the molecule is O=C(C1CCCC1)N1CCCCC1C1CCCN1. The molecule has 18 heavy (non-hydrogen) atoms. The van der Waals surface area contributed by atoms with Gasteiger partial charge in [0.2, 0.25) is 5.91 Å². The van der Waals surface area contributed by atoms with Crippen molar-refractivity contribution in [2.24, 2.45) is 5.92 Å². The van der Waals surface area contributed by atoms with Crippen LogP contribution < -0.4 is 5.32 Å². The van der Waals surface area contributed by atoms with Crippen molar-refractivity contribution in [1.82, 2.24) is 10.2 Å². The van der Waals surface area contributed by atoms with Gasteiger partial charge in [-0.25, -0.2) is 0 Å². The monoisotopic (exact) mass is 250 g/mol. The Morgan fingerprint density at radius 3 is 2.44 bits per heavy atom. The van der Waals surface area contributed by atoms with Crippen LogP contribution in [0.4, 0.5) is 0 Å². The van der Waals surface area contributed by atoms with E-state index in [0.29, 0.717) is 23.9 Å². The second-order valence-corrected chi connectivity index (χ2v) is 6.28. The second kappa shape index (κ2) is 5.60. The Balaban J connectivity index is 1.68. The molecule has 3 rings (SSSR count). The molecule has 2 saturated heterocycles. The molecule has 102 valence electrons. The molecule has 0 spiro atoms. The highest BCUT2D eigenvalue weighted by Gasteiger charge is 2.37. The topological polar surface area (TPSA) is 32.3 Å². The number of amides is 1. The van der Waals surface area contributed by atoms with Crippen molar-refractivity contribution in [1.29, 1.82) is 0 Å². The lowest BCUT2D eigenvalue weighted by Gasteiger charge is -2.40. The zero-order valence-electron chi connectivity index (χ0n) is 11.4. The summed E-state index contributed by atoms with van der Waals surface area (Å²) in [7, 11) is 0. The fourth-order valence-electron chi connectivity index (χ4n) is 4.10. The van der Waals surface area contributed by atoms with Gasteiger partial charge in [0.1, 0.15) is 0 Å². The minimum Gasteiger partial charge on any atom is -0.338 e. The molecule has 3 nitrogen and oxygen atoms in total. The van der Waals surface area contributed by atoms with Crippen LogP contribution in [-0.2, 0) is 4.79 Å². The van der Waals surface area contributed by atoms with Crippen LogP contribution in [0.5, 0.6) is 0 Å². The minimum absolute atomic E-state index is 0.354. The van der Waals surface area contributed by atoms with E-state index in [9.17, 15) is 4.79 Å². The number of piperidine rings is 1. The number of carbonyl (C=O) groups excluding carboxylic acids is 1. The Kier molecular flexibility index (Phi) is 3.88. The molecule has 0 radical (unpaired) electrons. The van der Waals surface area contributed by atoms with E-state index < -0.39 is 0 Å². The van der Waals surface area contributed by atoms with Gasteiger partial charge in [-0.2, -0.15) is 0 Å². The maximum atomic E-state index is 12.7. The minimum atomic E-state index is 0.354. The summed E-state index contributed by atoms with van der Waals surface area (Å²) in [6.45, 7) is 2.16. The van der Waals surface area contributed by atoms with E-state index in [-0.39, 0.29) is 0 Å². The van der Waals surface area contributed by atoms with E-state index in [0.717, 1.165) is 25.9 Å². The zero-order valence-corrected chi connectivity index (χ0v) is 11.4. The average molecular weight is 250 g/mol. The molecule has 0 aromatic heterocycles. The molecule has 1 saturated carbocycles. The van der Waals surface area contributed by atoms with Gasteiger partial charge in [-0.1, -0.05) is 12.8 Å². The van der Waals surface area contributed by atoms with Gasteiger partial charge < -0.3 is 10.2 Å². The van der Waals surface area contributed by atoms with Crippen molar-refractivity contribution < 1.29 is 4.79 Å². The molecule has 2 atom stereocenters. The van der Waals surface area contributed by atoms with Crippen molar-refractivity contribution in [3.8, 4) is 0 Å². The maximum Gasteiger partial charge on any atom is 0.225 e. The van der Waals surface area contributed by atoms with Crippen LogP contribution in [0.15, 0.2) is 0 Å². The van der Waals surface area contributed by atoms with Crippen molar-refractivity contribution in [3.05, 3.63) is 0 Å². The average Bonchev–Trinajstić information content (AvgIpc) is 3.11. The summed E-state index contributed by atoms with van der Waals surface area (Å²) < 4.78 is 0. The lowest BCUT2D eigenvalue weighted by Crippen LogP contribution is -2.53. The number of rotatable bonds is 2. The van der Waals surface area contributed by atoms with Gasteiger partial charge in [-0.15, -0.1) is 0 Å². The van der Waals surface area contributed by atoms with Crippen LogP contribution >= 0.6 is 0 Å². The standard InChI is InChI=1S/C15H26N2O/c18-15(12-6-1-2-7-12)17-11-4-3-9-14(17)13-8-5-10-16-13/h12-14,16H,1-11H2. The number of carbonyl (C=O) groups is 1. The summed E-state index contributed by atoms with van der Waals surface area (Å²) in [6.07, 6.45) is 11.1. The van der Waals surface area contributed by atoms with E-state index in [1.54, 1.807) is 0 Å². The molecule has 2 heterocycles. The maximum absolute atomic E-state index is 12.7. The summed E-state index contributed by atoms with van der Waals surface area (Å²) in [5, 5.41) is 3.61. The van der Waals surface area contributed by atoms with Crippen LogP contribution in [0.2, 0.25) is 0 Å². The van der Waals surface area contributed by atoms with E-state index >= 15 is 0 Å². The zero-order chi connectivity index (χ0) is 12.4. The third kappa shape index (κ3) is 2.42. The Hall–Kier alpha value is -0.570. The molecule has 0 aromatic carbocycles. The predicted octanol–water partition coefficient (Wildman–Crippen LogP) is 2.31. The van der Waals surface area contributed by atoms with Crippen LogP contribution in [0, 0.1) is 5.92 Å². The number of nitrogens with zero attached hydrogens (tertiary/aromatic N) is 1. The van der Waals surface area contributed by atoms with Gasteiger partial charge in [0, 0.05) is 24.5 Å². The van der Waals surface area contributed by atoms with Crippen molar-refractivity contribution >= 4 is 5.91 Å². The van der Waals surface area contributed by atoms with Crippen molar-refractivity contribution in [3.63, 3.8) is 0 Å². The van der Waals surface area contributed by atoms with Crippen molar-refractivity contribution in [2.45, 2.75) is 69.9 Å². The summed E-state index contributed by atoms with van der Waals surface area (Å²) >= 11 is 0. The third-order valence-electron chi connectivity index (χ3n) is 5.10. The largest absolute Gasteiger partial charge is 0.338 e. The summed E-state index contributed by atoms with van der Waals surface area (Å²) in [5.41, 5.74) is 0. The first-order chi connectivity index (χ1) is 8.86. The van der Waals surface area contributed by atoms with E-state index in [1.807, 2.05) is 0 Å². The number of hydrogen-bond acceptors (Lipinski definition) is 2. The third-order valence-corrected chi connectivity index (χ3v) is 5.10. The Bertz CT molecular complexity index is 293. The molecule has 0 bridgehead atoms. The molecule has 1 aliphatic carbocycles. The number of likely N-dealkylation sites (tertiary alicyclic amines) is 1. The summed E-state index contributed by atoms with van der Waals surface area (Å²) in [6, 6.07) is 1.07. The van der Waals surface area contributed by atoms with E-state index in [2.05, 4.69) is 10.2 Å². The molecule has 0 aromatic rings. The highest BCUT2D eigenvalue weighted by molar-refractivity contribution is 5.79. The molecule has 2 aliphatic heterocycles. The Labute approximate surface area is 110 Å². The smallest absolute Gasteiger partial charge is 0.225 e. The quantitative estimate of drug-likeness (QED) is 0.815. The molecular weight excluding hydrogens is 224 g/mol. The van der Waals surface area contributed by atoms with Gasteiger partial charge in [0.05, 0.1) is 0 Å². The first-order valence-corrected chi connectivity index (χ1v) is 7.90. The van der Waals surface area contributed by atoms with E-state index in [1.165, 1.54) is 44.9 Å². The lowest BCUT2D eigenvalue weighted by atomic mass is 9.92. The van der Waals surface area contributed by atoms with Crippen molar-refractivity contribution in [2.75, 3.05) is 13.1 Å². The lowest BCUT2D eigenvalue weighted by molar-refractivity contribution is -0.139. The predicted molar refractivity (Wildman–Crippen MR) is 72.3 cm³/mol. The van der Waals surface area contributed by atoms with Gasteiger partial charge in [-0.3, -0.25) is 4.79 Å². The van der Waals surface area contributed by atoms with Crippen LogP contribution in [0.1, 0.15) is 57.8 Å². The van der Waals surface area contributed by atoms with Crippen LogP contribution in [0.3, 0.4) is 0 Å². The second-order valence-electron chi connectivity index (χ2n) is 6.28. The molecule has 1 N–H and O–H groups in total. The molecule has 3 fully saturated rings. The fraction of sp³-hybridized carbons (Fsp3) is 0.933. The van der Waals surface area contributed by atoms with E-state index in [4.69, 9.17) is 0 Å². The van der Waals surface area contributed by atoms with Crippen LogP contribution in [0.25, 0.3) is 0 Å². The summed E-state index contributed by atoms with van der Waals surface area (Å²) in [4.78, 5) is 14.9. The van der Waals surface area contributed by atoms with Gasteiger partial charge in [0.25, 0.3) is 0 Å². The molecule has 3 heteroatoms. The highest BCUT2D eigenvalue weighted by Crippen LogP contribution is 2.31. The normalized spacial score (nSPS) is 34.1. The van der Waals surface area contributed by atoms with Crippen LogP contribution in [-0.4, -0.2) is 36.0 Å². The Morgan fingerprint density at radius 1 is 0.944 bits per heavy atom. The number of hydrogen-bond donors (Lipinski definition) is 1. The van der Waals surface area contributed by atoms with Gasteiger partial charge >= 0.3 is 0 Å². The van der Waals surface area contributed by atoms with Gasteiger partial charge in [0.15, 0.2) is 0 Å². The number of nitrogens with one attached hydrogen (secondary N) is 1. The molecule has 1 amide bonds. The fourth-order valence-corrected chi connectivity index (χ4v) is 4.10. The summed E-state index contributed by atoms with van der Waals surface area (Å²) in [5.74, 6) is 0.831.